The van der Waals surface area contributed by atoms with Crippen molar-refractivity contribution in [2.45, 2.75) is 38.0 Å². The Hall–Kier alpha value is -3.75. The number of fused-ring (bicyclic) bond motifs is 1. The van der Waals surface area contributed by atoms with Crippen molar-refractivity contribution in [1.82, 2.24) is 5.32 Å². The van der Waals surface area contributed by atoms with Gasteiger partial charge < -0.3 is 15.2 Å². The molecule has 2 atom stereocenters. The molecule has 0 spiro atoms. The summed E-state index contributed by atoms with van der Waals surface area (Å²) in [7, 11) is 0. The van der Waals surface area contributed by atoms with Gasteiger partial charge in [0.25, 0.3) is 0 Å². The fourth-order valence-corrected chi connectivity index (χ4v) is 3.59. The molecule has 3 rings (SSSR count). The van der Waals surface area contributed by atoms with Gasteiger partial charge in [0.1, 0.15) is 25.4 Å². The Kier molecular flexibility index (Phi) is 7.54. The first-order chi connectivity index (χ1) is 15.4. The number of anilines is 1. The molecular weight excluding hydrogens is 419 g/mol. The van der Waals surface area contributed by atoms with E-state index in [1.807, 2.05) is 18.2 Å². The summed E-state index contributed by atoms with van der Waals surface area (Å²) in [5, 5.41) is 11.3. The third-order valence-corrected chi connectivity index (χ3v) is 5.17. The quantitative estimate of drug-likeness (QED) is 0.650. The van der Waals surface area contributed by atoms with E-state index in [9.17, 15) is 23.6 Å². The van der Waals surface area contributed by atoms with Crippen LogP contribution in [-0.2, 0) is 32.1 Å². The fraction of sp³-hybridized carbons (Fsp3) is 0.304. The first-order valence-corrected chi connectivity index (χ1v) is 10.1. The highest BCUT2D eigenvalue weighted by molar-refractivity contribution is 6.01. The zero-order valence-corrected chi connectivity index (χ0v) is 17.2. The van der Waals surface area contributed by atoms with E-state index in [0.29, 0.717) is 12.1 Å². The van der Waals surface area contributed by atoms with Crippen molar-refractivity contribution in [2.24, 2.45) is 0 Å². The molecular formula is C23H23FN2O6. The molecule has 168 valence electrons. The van der Waals surface area contributed by atoms with Crippen LogP contribution in [0.1, 0.15) is 24.0 Å². The number of nitrogens with zero attached hydrogens (tertiary/aromatic N) is 1. The largest absolute Gasteiger partial charge is 0.481 e. The van der Waals surface area contributed by atoms with Crippen LogP contribution in [0, 0.1) is 0 Å². The molecule has 0 radical (unpaired) electrons. The number of Topliss-reactive ketones (excluding diaryl/α,β-unsaturated/α-hetero) is 1. The van der Waals surface area contributed by atoms with Crippen molar-refractivity contribution in [3.05, 3.63) is 65.7 Å². The molecule has 0 aliphatic carbocycles. The fourth-order valence-electron chi connectivity index (χ4n) is 3.59. The van der Waals surface area contributed by atoms with Crippen LogP contribution in [0.2, 0.25) is 0 Å². The summed E-state index contributed by atoms with van der Waals surface area (Å²) in [6, 6.07) is 13.5. The second-order valence-corrected chi connectivity index (χ2v) is 7.35. The predicted octanol–water partition coefficient (Wildman–Crippen LogP) is 2.64. The van der Waals surface area contributed by atoms with Gasteiger partial charge in [0.15, 0.2) is 5.78 Å². The van der Waals surface area contributed by atoms with E-state index in [2.05, 4.69) is 5.32 Å². The number of hydrogen-bond donors (Lipinski definition) is 2. The lowest BCUT2D eigenvalue weighted by Gasteiger charge is -2.36. The Labute approximate surface area is 184 Å². The highest BCUT2D eigenvalue weighted by atomic mass is 19.1. The minimum absolute atomic E-state index is 0.00530. The minimum atomic E-state index is -1.52. The third-order valence-electron chi connectivity index (χ3n) is 5.17. The van der Waals surface area contributed by atoms with Crippen LogP contribution in [0.25, 0.3) is 0 Å². The highest BCUT2D eigenvalue weighted by Crippen LogP contribution is 2.31. The topological polar surface area (TPSA) is 113 Å². The van der Waals surface area contributed by atoms with Crippen LogP contribution in [0.5, 0.6) is 0 Å². The van der Waals surface area contributed by atoms with Gasteiger partial charge in [0.2, 0.25) is 5.91 Å². The molecule has 8 nitrogen and oxygen atoms in total. The zero-order valence-electron chi connectivity index (χ0n) is 17.2. The number of para-hydroxylation sites is 1. The lowest BCUT2D eigenvalue weighted by Crippen LogP contribution is -2.55. The van der Waals surface area contributed by atoms with Gasteiger partial charge in [-0.2, -0.15) is 0 Å². The number of carbonyl (C=O) groups excluding carboxylic acids is 3. The summed E-state index contributed by atoms with van der Waals surface area (Å²) in [6.07, 6.45) is -0.798. The molecule has 0 saturated carbocycles. The van der Waals surface area contributed by atoms with Crippen molar-refractivity contribution in [2.75, 3.05) is 11.6 Å². The van der Waals surface area contributed by atoms with Crippen LogP contribution in [0.4, 0.5) is 14.9 Å². The van der Waals surface area contributed by atoms with Crippen LogP contribution >= 0.6 is 0 Å². The molecule has 0 saturated heterocycles. The summed E-state index contributed by atoms with van der Waals surface area (Å²) in [5.74, 6) is -3.15. The lowest BCUT2D eigenvalue weighted by atomic mass is 9.95. The monoisotopic (exact) mass is 442 g/mol. The van der Waals surface area contributed by atoms with Crippen LogP contribution in [-0.4, -0.2) is 47.6 Å². The van der Waals surface area contributed by atoms with Gasteiger partial charge in [0.05, 0.1) is 12.1 Å². The molecule has 1 aliphatic rings. The summed E-state index contributed by atoms with van der Waals surface area (Å²) in [4.78, 5) is 50.0. The number of amides is 2. The Morgan fingerprint density at radius 1 is 1.09 bits per heavy atom. The Balaban J connectivity index is 1.82. The van der Waals surface area contributed by atoms with E-state index in [4.69, 9.17) is 9.84 Å². The molecule has 2 aromatic carbocycles. The van der Waals surface area contributed by atoms with E-state index in [0.717, 1.165) is 11.1 Å². The molecule has 0 fully saturated rings. The van der Waals surface area contributed by atoms with E-state index < -0.39 is 48.9 Å². The molecule has 2 amide bonds. The molecule has 0 aromatic heterocycles. The summed E-state index contributed by atoms with van der Waals surface area (Å²) >= 11 is 0. The number of benzene rings is 2. The molecule has 32 heavy (non-hydrogen) atoms. The molecule has 2 aromatic rings. The standard InChI is InChI=1S/C23H23FN2O6/c24-13-20(27)17(12-21(28)29)25-22(30)19-11-10-16-8-4-5-9-18(16)26(19)23(31)32-14-15-6-2-1-3-7-15/h1-9,17,19H,10-14H2,(H,25,30)(H,28,29). The first kappa shape index (κ1) is 22.9. The van der Waals surface area contributed by atoms with Gasteiger partial charge in [-0.25, -0.2) is 9.18 Å². The van der Waals surface area contributed by atoms with E-state index in [1.165, 1.54) is 4.90 Å². The molecule has 2 N–H and O–H groups in total. The normalized spacial score (nSPS) is 15.9. The van der Waals surface area contributed by atoms with Gasteiger partial charge in [-0.05, 0) is 30.0 Å². The molecule has 9 heteroatoms. The van der Waals surface area contributed by atoms with E-state index in [-0.39, 0.29) is 13.0 Å². The van der Waals surface area contributed by atoms with Gasteiger partial charge in [0, 0.05) is 0 Å². The van der Waals surface area contributed by atoms with Crippen molar-refractivity contribution in [3.63, 3.8) is 0 Å². The number of hydrogen-bond acceptors (Lipinski definition) is 5. The Morgan fingerprint density at radius 2 is 1.78 bits per heavy atom. The average molecular weight is 442 g/mol. The molecule has 1 heterocycles. The Morgan fingerprint density at radius 3 is 2.47 bits per heavy atom. The minimum Gasteiger partial charge on any atom is -0.481 e. The summed E-state index contributed by atoms with van der Waals surface area (Å²) in [6.45, 7) is -1.41. The second kappa shape index (κ2) is 10.5. The molecule has 1 aliphatic heterocycles. The summed E-state index contributed by atoms with van der Waals surface area (Å²) in [5.41, 5.74) is 2.10. The third kappa shape index (κ3) is 5.48. The van der Waals surface area contributed by atoms with Gasteiger partial charge >= 0.3 is 12.1 Å². The maximum absolute atomic E-state index is 13.0. The number of aliphatic carboxylic acids is 1. The molecule has 0 bridgehead atoms. The van der Waals surface area contributed by atoms with Crippen molar-refractivity contribution >= 4 is 29.4 Å². The number of ketones is 1. The van der Waals surface area contributed by atoms with Crippen LogP contribution < -0.4 is 10.2 Å². The number of alkyl halides is 1. The van der Waals surface area contributed by atoms with Gasteiger partial charge in [-0.1, -0.05) is 48.5 Å². The van der Waals surface area contributed by atoms with E-state index >= 15 is 0 Å². The number of carbonyl (C=O) groups is 4. The van der Waals surface area contributed by atoms with Gasteiger partial charge in [-0.3, -0.25) is 19.3 Å². The smallest absolute Gasteiger partial charge is 0.415 e. The van der Waals surface area contributed by atoms with Crippen molar-refractivity contribution in [1.29, 1.82) is 0 Å². The number of halogens is 1. The SMILES string of the molecule is O=C(O)CC(NC(=O)C1CCc2ccccc2N1C(=O)OCc1ccccc1)C(=O)CF. The summed E-state index contributed by atoms with van der Waals surface area (Å²) < 4.78 is 18.3. The van der Waals surface area contributed by atoms with E-state index in [1.54, 1.807) is 36.4 Å². The molecule has 2 unspecified atom stereocenters. The second-order valence-electron chi connectivity index (χ2n) is 7.35. The van der Waals surface area contributed by atoms with Gasteiger partial charge in [-0.15, -0.1) is 0 Å². The number of carboxylic acid groups (broad SMARTS) is 1. The number of rotatable bonds is 8. The number of nitrogens with one attached hydrogen (secondary N) is 1. The number of carboxylic acids is 1. The van der Waals surface area contributed by atoms with Crippen LogP contribution in [0.3, 0.4) is 0 Å². The maximum atomic E-state index is 13.0. The van der Waals surface area contributed by atoms with Crippen molar-refractivity contribution in [3.8, 4) is 0 Å². The average Bonchev–Trinajstić information content (AvgIpc) is 2.81. The zero-order chi connectivity index (χ0) is 23.1. The lowest BCUT2D eigenvalue weighted by molar-refractivity contribution is -0.140. The van der Waals surface area contributed by atoms with Crippen molar-refractivity contribution < 1.29 is 33.4 Å². The van der Waals surface area contributed by atoms with Crippen LogP contribution in [0.15, 0.2) is 54.6 Å². The predicted molar refractivity (Wildman–Crippen MR) is 113 cm³/mol. The number of ether oxygens (including phenoxy) is 1. The Bertz CT molecular complexity index is 997. The maximum Gasteiger partial charge on any atom is 0.415 e. The number of aryl methyl sites for hydroxylation is 1. The first-order valence-electron chi connectivity index (χ1n) is 10.1. The highest BCUT2D eigenvalue weighted by Gasteiger charge is 2.38.